The van der Waals surface area contributed by atoms with Gasteiger partial charge in [-0.1, -0.05) is 6.07 Å². The highest BCUT2D eigenvalue weighted by Crippen LogP contribution is 2.39. The first-order valence-corrected chi connectivity index (χ1v) is 10.1. The lowest BCUT2D eigenvalue weighted by Crippen LogP contribution is -2.54. The van der Waals surface area contributed by atoms with Gasteiger partial charge in [-0.2, -0.15) is 0 Å². The first kappa shape index (κ1) is 19.4. The molecule has 29 heavy (non-hydrogen) atoms. The third-order valence-corrected chi connectivity index (χ3v) is 6.14. The number of carbonyl (C=O) groups is 2. The summed E-state index contributed by atoms with van der Waals surface area (Å²) in [4.78, 5) is 45.4. The van der Waals surface area contributed by atoms with Crippen LogP contribution in [-0.2, 0) is 18.4 Å². The van der Waals surface area contributed by atoms with Crippen LogP contribution in [0.15, 0.2) is 47.7 Å². The molecular weight excluding hydrogens is 368 g/mol. The fourth-order valence-corrected chi connectivity index (χ4v) is 4.54. The Bertz CT molecular complexity index is 972. The molecule has 7 nitrogen and oxygen atoms in total. The highest BCUT2D eigenvalue weighted by Gasteiger charge is 2.42. The van der Waals surface area contributed by atoms with Crippen molar-refractivity contribution in [3.8, 4) is 0 Å². The lowest BCUT2D eigenvalue weighted by molar-refractivity contribution is -0.139. The Morgan fingerprint density at radius 2 is 2.07 bits per heavy atom. The van der Waals surface area contributed by atoms with E-state index in [0.29, 0.717) is 38.2 Å². The van der Waals surface area contributed by atoms with E-state index in [1.807, 2.05) is 21.9 Å². The molecule has 2 aliphatic rings. The van der Waals surface area contributed by atoms with Gasteiger partial charge in [-0.25, -0.2) is 0 Å². The normalized spacial score (nSPS) is 22.2. The zero-order valence-electron chi connectivity index (χ0n) is 16.7. The van der Waals surface area contributed by atoms with Crippen LogP contribution >= 0.6 is 0 Å². The molecule has 1 atom stereocenters. The number of aryl methyl sites for hydroxylation is 1. The number of hydrogen-bond donors (Lipinski definition) is 0. The molecule has 0 N–H and O–H groups in total. The molecular formula is C22H26N4O3. The van der Waals surface area contributed by atoms with Crippen molar-refractivity contribution in [1.29, 1.82) is 0 Å². The third kappa shape index (κ3) is 4.09. The van der Waals surface area contributed by atoms with E-state index in [9.17, 15) is 14.4 Å². The van der Waals surface area contributed by atoms with E-state index < -0.39 is 0 Å². The minimum atomic E-state index is -0.187. The summed E-state index contributed by atoms with van der Waals surface area (Å²) in [5.74, 6) is 0.0620. The van der Waals surface area contributed by atoms with E-state index in [-0.39, 0.29) is 22.8 Å². The molecule has 4 rings (SSSR count). The standard InChI is InChI=1S/C22H26N4O3/c1-24-11-6-18(12-20(24)28)21(29)25-10-3-7-22(15-25)8-5-19(27)26(16-22)14-17-4-2-9-23-13-17/h2,4,6,9,11-13H,3,5,7-8,10,14-16H2,1H3/t22-/m0/s1. The van der Waals surface area contributed by atoms with Gasteiger partial charge in [0.05, 0.1) is 0 Å². The number of aromatic nitrogens is 2. The Labute approximate surface area is 170 Å². The second-order valence-corrected chi connectivity index (χ2v) is 8.31. The summed E-state index contributed by atoms with van der Waals surface area (Å²) < 4.78 is 1.46. The molecule has 152 valence electrons. The fourth-order valence-electron chi connectivity index (χ4n) is 4.54. The largest absolute Gasteiger partial charge is 0.338 e. The van der Waals surface area contributed by atoms with Gasteiger partial charge in [-0.15, -0.1) is 0 Å². The van der Waals surface area contributed by atoms with Gasteiger partial charge in [0, 0.05) is 75.3 Å². The van der Waals surface area contributed by atoms with Crippen LogP contribution in [0.4, 0.5) is 0 Å². The lowest BCUT2D eigenvalue weighted by atomic mass is 9.73. The van der Waals surface area contributed by atoms with Gasteiger partial charge in [0.2, 0.25) is 5.91 Å². The summed E-state index contributed by atoms with van der Waals surface area (Å²) in [6.07, 6.45) is 8.37. The lowest BCUT2D eigenvalue weighted by Gasteiger charge is -2.48. The Balaban J connectivity index is 1.50. The number of likely N-dealkylation sites (tertiary alicyclic amines) is 2. The van der Waals surface area contributed by atoms with E-state index in [0.717, 1.165) is 24.8 Å². The van der Waals surface area contributed by atoms with E-state index in [2.05, 4.69) is 4.98 Å². The molecule has 0 aromatic carbocycles. The first-order valence-electron chi connectivity index (χ1n) is 10.1. The zero-order valence-corrected chi connectivity index (χ0v) is 16.7. The molecule has 2 fully saturated rings. The summed E-state index contributed by atoms with van der Waals surface area (Å²) in [6, 6.07) is 6.96. The number of carbonyl (C=O) groups excluding carboxylic acids is 2. The number of pyridine rings is 2. The Morgan fingerprint density at radius 1 is 1.21 bits per heavy atom. The molecule has 2 aromatic rings. The zero-order chi connectivity index (χ0) is 20.4. The van der Waals surface area contributed by atoms with Gasteiger partial charge in [0.15, 0.2) is 0 Å². The number of rotatable bonds is 3. The number of hydrogen-bond acceptors (Lipinski definition) is 4. The fraction of sp³-hybridized carbons (Fsp3) is 0.455. The van der Waals surface area contributed by atoms with Crippen LogP contribution in [-0.4, -0.2) is 50.8 Å². The molecule has 1 spiro atoms. The molecule has 0 unspecified atom stereocenters. The number of amides is 2. The highest BCUT2D eigenvalue weighted by molar-refractivity contribution is 5.94. The topological polar surface area (TPSA) is 75.5 Å². The molecule has 2 aliphatic heterocycles. The Hall–Kier alpha value is -2.96. The van der Waals surface area contributed by atoms with Gasteiger partial charge in [-0.3, -0.25) is 19.4 Å². The molecule has 0 aliphatic carbocycles. The predicted molar refractivity (Wildman–Crippen MR) is 108 cm³/mol. The van der Waals surface area contributed by atoms with Gasteiger partial charge in [-0.05, 0) is 37.0 Å². The van der Waals surface area contributed by atoms with Crippen molar-refractivity contribution in [3.63, 3.8) is 0 Å². The van der Waals surface area contributed by atoms with Gasteiger partial charge < -0.3 is 14.4 Å². The first-order chi connectivity index (χ1) is 14.0. The summed E-state index contributed by atoms with van der Waals surface area (Å²) in [7, 11) is 1.67. The molecule has 0 saturated carbocycles. The van der Waals surface area contributed by atoms with E-state index in [1.54, 1.807) is 31.7 Å². The molecule has 2 aromatic heterocycles. The predicted octanol–water partition coefficient (Wildman–Crippen LogP) is 1.83. The minimum absolute atomic E-state index is 0.0796. The second kappa shape index (κ2) is 7.81. The van der Waals surface area contributed by atoms with Gasteiger partial charge in [0.25, 0.3) is 11.5 Å². The maximum atomic E-state index is 13.0. The minimum Gasteiger partial charge on any atom is -0.338 e. The van der Waals surface area contributed by atoms with Crippen molar-refractivity contribution in [2.45, 2.75) is 32.2 Å². The maximum Gasteiger partial charge on any atom is 0.254 e. The average molecular weight is 394 g/mol. The summed E-state index contributed by atoms with van der Waals surface area (Å²) in [5.41, 5.74) is 1.18. The third-order valence-electron chi connectivity index (χ3n) is 6.14. The van der Waals surface area contributed by atoms with E-state index >= 15 is 0 Å². The average Bonchev–Trinajstić information content (AvgIpc) is 2.73. The summed E-state index contributed by atoms with van der Waals surface area (Å²) in [5, 5.41) is 0. The van der Waals surface area contributed by atoms with Gasteiger partial charge >= 0.3 is 0 Å². The molecule has 2 saturated heterocycles. The molecule has 2 amide bonds. The van der Waals surface area contributed by atoms with Crippen LogP contribution in [0.1, 0.15) is 41.6 Å². The van der Waals surface area contributed by atoms with Crippen molar-refractivity contribution in [2.75, 3.05) is 19.6 Å². The SMILES string of the molecule is Cn1ccc(C(=O)N2CCC[C@]3(CCC(=O)N(Cc4cccnc4)C3)C2)cc1=O. The van der Waals surface area contributed by atoms with Crippen molar-refractivity contribution < 1.29 is 9.59 Å². The Kier molecular flexibility index (Phi) is 5.22. The number of piperidine rings is 2. The quantitative estimate of drug-likeness (QED) is 0.796. The van der Waals surface area contributed by atoms with Crippen molar-refractivity contribution in [1.82, 2.24) is 19.4 Å². The number of nitrogens with zero attached hydrogens (tertiary/aromatic N) is 4. The van der Waals surface area contributed by atoms with Crippen molar-refractivity contribution >= 4 is 11.8 Å². The maximum absolute atomic E-state index is 13.0. The van der Waals surface area contributed by atoms with E-state index in [4.69, 9.17) is 0 Å². The smallest absolute Gasteiger partial charge is 0.254 e. The van der Waals surface area contributed by atoms with Crippen LogP contribution in [0, 0.1) is 5.41 Å². The summed E-state index contributed by atoms with van der Waals surface area (Å²) in [6.45, 7) is 2.52. The monoisotopic (exact) mass is 394 g/mol. The van der Waals surface area contributed by atoms with Gasteiger partial charge in [0.1, 0.15) is 0 Å². The summed E-state index contributed by atoms with van der Waals surface area (Å²) >= 11 is 0. The highest BCUT2D eigenvalue weighted by atomic mass is 16.2. The van der Waals surface area contributed by atoms with E-state index in [1.165, 1.54) is 10.6 Å². The van der Waals surface area contributed by atoms with Crippen LogP contribution in [0.5, 0.6) is 0 Å². The van der Waals surface area contributed by atoms with Crippen LogP contribution in [0.3, 0.4) is 0 Å². The molecule has 0 bridgehead atoms. The van der Waals surface area contributed by atoms with Crippen LogP contribution in [0.2, 0.25) is 0 Å². The molecule has 4 heterocycles. The van der Waals surface area contributed by atoms with Crippen LogP contribution < -0.4 is 5.56 Å². The Morgan fingerprint density at radius 3 is 2.83 bits per heavy atom. The second-order valence-electron chi connectivity index (χ2n) is 8.31. The van der Waals surface area contributed by atoms with Crippen molar-refractivity contribution in [3.05, 3.63) is 64.3 Å². The van der Waals surface area contributed by atoms with Crippen LogP contribution in [0.25, 0.3) is 0 Å². The molecule has 7 heteroatoms. The van der Waals surface area contributed by atoms with Crippen molar-refractivity contribution in [2.24, 2.45) is 12.5 Å². The molecule has 0 radical (unpaired) electrons.